The normalized spacial score (nSPS) is 15.9. The summed E-state index contributed by atoms with van der Waals surface area (Å²) in [7, 11) is 4.01. The van der Waals surface area contributed by atoms with E-state index in [1.165, 1.54) is 5.56 Å². The van der Waals surface area contributed by atoms with Gasteiger partial charge < -0.3 is 9.32 Å². The van der Waals surface area contributed by atoms with Crippen LogP contribution >= 0.6 is 0 Å². The van der Waals surface area contributed by atoms with E-state index in [0.29, 0.717) is 6.54 Å². The largest absolute Gasteiger partial charge is 0.454 e. The molecule has 0 bridgehead atoms. The fourth-order valence-corrected chi connectivity index (χ4v) is 4.74. The first-order valence-electron chi connectivity index (χ1n) is 11.6. The van der Waals surface area contributed by atoms with E-state index >= 15 is 0 Å². The first-order chi connectivity index (χ1) is 15.8. The number of nitrogens with zero attached hydrogens (tertiary/aromatic N) is 2. The van der Waals surface area contributed by atoms with Crippen molar-refractivity contribution in [1.82, 2.24) is 0 Å². The second kappa shape index (κ2) is 6.71. The quantitative estimate of drug-likeness (QED) is 0.332. The summed E-state index contributed by atoms with van der Waals surface area (Å²) in [6.45, 7) is 2.50. The summed E-state index contributed by atoms with van der Waals surface area (Å²) < 4.78 is 25.4. The molecular formula is C28H25N2O+. The highest BCUT2D eigenvalue weighted by molar-refractivity contribution is 6.13. The van der Waals surface area contributed by atoms with E-state index < -0.39 is 6.37 Å². The second-order valence-electron chi connectivity index (χ2n) is 8.38. The molecule has 3 heteroatoms. The maximum Gasteiger partial charge on any atom is 0.216 e. The minimum atomic E-state index is -1.33. The average molecular weight is 408 g/mol. The number of fused-ring (bicyclic) bond motifs is 4. The van der Waals surface area contributed by atoms with Gasteiger partial charge in [-0.3, -0.25) is 0 Å². The number of benzene rings is 3. The van der Waals surface area contributed by atoms with Crippen LogP contribution in [0.4, 0.5) is 5.69 Å². The van der Waals surface area contributed by atoms with Crippen molar-refractivity contribution in [2.24, 2.45) is 7.05 Å². The molecular weight excluding hydrogens is 380 g/mol. The summed E-state index contributed by atoms with van der Waals surface area (Å²) in [5.41, 5.74) is 8.90. The van der Waals surface area contributed by atoms with E-state index in [1.54, 1.807) is 0 Å². The van der Waals surface area contributed by atoms with Gasteiger partial charge in [0.1, 0.15) is 18.2 Å². The van der Waals surface area contributed by atoms with Crippen LogP contribution in [0.15, 0.2) is 77.3 Å². The zero-order valence-electron chi connectivity index (χ0n) is 19.9. The molecule has 3 aromatic carbocycles. The number of para-hydroxylation sites is 1. The molecule has 152 valence electrons. The van der Waals surface area contributed by atoms with Crippen molar-refractivity contribution in [3.8, 4) is 22.4 Å². The van der Waals surface area contributed by atoms with E-state index in [2.05, 4.69) is 73.3 Å². The van der Waals surface area contributed by atoms with Crippen molar-refractivity contribution in [3.63, 3.8) is 0 Å². The number of aryl methyl sites for hydroxylation is 2. The van der Waals surface area contributed by atoms with Crippen LogP contribution < -0.4 is 9.47 Å². The Kier molecular flexibility index (Phi) is 3.50. The zero-order chi connectivity index (χ0) is 22.9. The highest BCUT2D eigenvalue weighted by atomic mass is 16.3. The van der Waals surface area contributed by atoms with E-state index in [4.69, 9.17) is 7.16 Å². The first-order valence-corrected chi connectivity index (χ1v) is 10.6. The maximum atomic E-state index is 8.33. The van der Waals surface area contributed by atoms with Gasteiger partial charge in [0.25, 0.3) is 0 Å². The van der Waals surface area contributed by atoms with Gasteiger partial charge in [-0.05, 0) is 42.1 Å². The van der Waals surface area contributed by atoms with E-state index in [-0.39, 0.29) is 0 Å². The molecule has 0 N–H and O–H groups in total. The topological polar surface area (TPSA) is 20.3 Å². The number of hydrogen-bond acceptors (Lipinski definition) is 2. The minimum Gasteiger partial charge on any atom is -0.454 e. The van der Waals surface area contributed by atoms with Crippen LogP contribution in [0.25, 0.3) is 44.3 Å². The molecule has 0 radical (unpaired) electrons. The van der Waals surface area contributed by atoms with Crippen molar-refractivity contribution in [3.05, 3.63) is 84.1 Å². The Hall–Kier alpha value is -3.59. The Morgan fingerprint density at radius 1 is 0.968 bits per heavy atom. The fourth-order valence-electron chi connectivity index (χ4n) is 4.74. The van der Waals surface area contributed by atoms with Crippen LogP contribution in [-0.2, 0) is 13.4 Å². The molecule has 0 fully saturated rings. The number of furan rings is 1. The SMILES string of the molecule is [2H]C1([2H])CN(C)c2cc(-c3cccc4c3oc3c(-c5cccc[n+]5C)c(C)ccc34)ccc21. The van der Waals surface area contributed by atoms with Crippen LogP contribution in [0.5, 0.6) is 0 Å². The molecule has 0 amide bonds. The molecule has 0 unspecified atom stereocenters. The standard InChI is InChI=1S/C28H25N2O/c1-18-10-13-23-22-8-6-7-21(20-12-11-19-14-16-30(3)25(19)17-20)27(22)31-28(23)26(18)24-9-4-5-15-29(24)2/h4-13,15,17H,14,16H2,1-3H3/q+1/i14D2. The number of pyridine rings is 1. The van der Waals surface area contributed by atoms with Gasteiger partial charge in [0.05, 0.1) is 5.56 Å². The van der Waals surface area contributed by atoms with E-state index in [9.17, 15) is 0 Å². The summed E-state index contributed by atoms with van der Waals surface area (Å²) in [6.07, 6.45) is 0.729. The van der Waals surface area contributed by atoms with Crippen LogP contribution in [0, 0.1) is 6.92 Å². The van der Waals surface area contributed by atoms with Gasteiger partial charge in [0, 0.05) is 50.5 Å². The lowest BCUT2D eigenvalue weighted by atomic mass is 9.98. The number of likely N-dealkylation sites (N-methyl/N-ethyl adjacent to an activating group) is 1. The number of hydrogen-bond donors (Lipinski definition) is 0. The Balaban J connectivity index is 1.62. The van der Waals surface area contributed by atoms with Crippen LogP contribution in [0.1, 0.15) is 13.9 Å². The molecule has 3 nitrogen and oxygen atoms in total. The Morgan fingerprint density at radius 3 is 2.71 bits per heavy atom. The third-order valence-electron chi connectivity index (χ3n) is 6.41. The van der Waals surface area contributed by atoms with Crippen molar-refractivity contribution in [1.29, 1.82) is 0 Å². The summed E-state index contributed by atoms with van der Waals surface area (Å²) in [5.74, 6) is 0. The molecule has 1 aliphatic heterocycles. The van der Waals surface area contributed by atoms with Crippen molar-refractivity contribution in [2.45, 2.75) is 13.3 Å². The molecule has 0 saturated carbocycles. The Labute approximate surface area is 185 Å². The molecule has 6 rings (SSSR count). The average Bonchev–Trinajstić information content (AvgIpc) is 3.28. The molecule has 3 heterocycles. The van der Waals surface area contributed by atoms with Crippen molar-refractivity contribution >= 4 is 27.6 Å². The number of aromatic nitrogens is 1. The predicted molar refractivity (Wildman–Crippen MR) is 127 cm³/mol. The van der Waals surface area contributed by atoms with Crippen molar-refractivity contribution in [2.75, 3.05) is 18.5 Å². The molecule has 1 aliphatic rings. The van der Waals surface area contributed by atoms with Gasteiger partial charge in [-0.15, -0.1) is 0 Å². The molecule has 31 heavy (non-hydrogen) atoms. The lowest BCUT2D eigenvalue weighted by Gasteiger charge is -2.13. The van der Waals surface area contributed by atoms with Gasteiger partial charge >= 0.3 is 0 Å². The van der Waals surface area contributed by atoms with Crippen LogP contribution in [0.2, 0.25) is 0 Å². The highest BCUT2D eigenvalue weighted by Gasteiger charge is 2.22. The van der Waals surface area contributed by atoms with Gasteiger partial charge in [-0.1, -0.05) is 42.5 Å². The first kappa shape index (κ1) is 16.1. The molecule has 0 saturated heterocycles. The second-order valence-corrected chi connectivity index (χ2v) is 8.38. The van der Waals surface area contributed by atoms with E-state index in [0.717, 1.165) is 55.6 Å². The number of rotatable bonds is 2. The molecule has 0 atom stereocenters. The summed E-state index contributed by atoms with van der Waals surface area (Å²) in [4.78, 5) is 1.99. The van der Waals surface area contributed by atoms with Gasteiger partial charge in [-0.2, -0.15) is 0 Å². The van der Waals surface area contributed by atoms with E-state index in [1.807, 2.05) is 30.1 Å². The molecule has 0 aliphatic carbocycles. The highest BCUT2D eigenvalue weighted by Crippen LogP contribution is 2.41. The third-order valence-corrected chi connectivity index (χ3v) is 6.41. The molecule has 5 aromatic rings. The Morgan fingerprint density at radius 2 is 1.84 bits per heavy atom. The van der Waals surface area contributed by atoms with Gasteiger partial charge in [0.15, 0.2) is 6.20 Å². The predicted octanol–water partition coefficient (Wildman–Crippen LogP) is 6.05. The monoisotopic (exact) mass is 407 g/mol. The zero-order valence-corrected chi connectivity index (χ0v) is 17.9. The lowest BCUT2D eigenvalue weighted by Crippen LogP contribution is -2.30. The molecule has 2 aromatic heterocycles. The summed E-state index contributed by atoms with van der Waals surface area (Å²) >= 11 is 0. The smallest absolute Gasteiger partial charge is 0.216 e. The lowest BCUT2D eigenvalue weighted by molar-refractivity contribution is -0.660. The Bertz CT molecular complexity index is 1570. The number of anilines is 1. The fraction of sp³-hybridized carbons (Fsp3) is 0.179. The third kappa shape index (κ3) is 2.70. The van der Waals surface area contributed by atoms with Crippen molar-refractivity contribution < 1.29 is 11.7 Å². The van der Waals surface area contributed by atoms with Crippen LogP contribution in [0.3, 0.4) is 0 Å². The summed E-state index contributed by atoms with van der Waals surface area (Å²) in [6, 6.07) is 22.8. The molecule has 0 spiro atoms. The van der Waals surface area contributed by atoms with Gasteiger partial charge in [0.2, 0.25) is 5.69 Å². The van der Waals surface area contributed by atoms with Gasteiger partial charge in [-0.25, -0.2) is 4.57 Å². The minimum absolute atomic E-state index is 0.372. The summed E-state index contributed by atoms with van der Waals surface area (Å²) in [5, 5.41) is 2.19. The maximum absolute atomic E-state index is 8.33. The van der Waals surface area contributed by atoms with Crippen LogP contribution in [-0.4, -0.2) is 13.6 Å².